The summed E-state index contributed by atoms with van der Waals surface area (Å²) in [6, 6.07) is 10.4. The number of pyridine rings is 1. The molecule has 0 saturated heterocycles. The van der Waals surface area contributed by atoms with Crippen molar-refractivity contribution in [2.24, 2.45) is 0 Å². The number of nitrogens with one attached hydrogen (secondary N) is 1. The monoisotopic (exact) mass is 324 g/mol. The largest absolute Gasteiger partial charge is 0.394 e. The number of aliphatic hydroxyl groups is 1. The molecule has 2 N–H and O–H groups in total. The second kappa shape index (κ2) is 6.61. The quantitative estimate of drug-likeness (QED) is 0.754. The van der Waals surface area contributed by atoms with Crippen molar-refractivity contribution in [3.63, 3.8) is 0 Å². The highest BCUT2D eigenvalue weighted by Crippen LogP contribution is 2.24. The maximum Gasteiger partial charge on any atom is 0.107 e. The first-order chi connectivity index (χ1) is 11.5. The van der Waals surface area contributed by atoms with Crippen molar-refractivity contribution in [2.75, 3.05) is 11.9 Å². The van der Waals surface area contributed by atoms with Crippen LogP contribution >= 0.6 is 0 Å². The van der Waals surface area contributed by atoms with Crippen LogP contribution in [0, 0.1) is 20.8 Å². The molecule has 0 aliphatic rings. The minimum Gasteiger partial charge on any atom is -0.394 e. The molecule has 0 fully saturated rings. The minimum atomic E-state index is 0.0246. The summed E-state index contributed by atoms with van der Waals surface area (Å²) < 4.78 is 2.08. The molecule has 0 saturated carbocycles. The Bertz CT molecular complexity index is 849. The molecule has 24 heavy (non-hydrogen) atoms. The highest BCUT2D eigenvalue weighted by molar-refractivity contribution is 5.80. The average Bonchev–Trinajstić information content (AvgIpc) is 2.86. The maximum atomic E-state index is 9.43. The molecule has 2 aromatic heterocycles. The van der Waals surface area contributed by atoms with E-state index in [9.17, 15) is 5.11 Å². The highest BCUT2D eigenvalue weighted by atomic mass is 16.3. The first kappa shape index (κ1) is 16.5. The van der Waals surface area contributed by atoms with E-state index in [-0.39, 0.29) is 12.6 Å². The van der Waals surface area contributed by atoms with E-state index >= 15 is 0 Å². The predicted molar refractivity (Wildman–Crippen MR) is 97.3 cm³/mol. The van der Waals surface area contributed by atoms with E-state index in [0.29, 0.717) is 0 Å². The zero-order valence-corrected chi connectivity index (χ0v) is 14.7. The van der Waals surface area contributed by atoms with Crippen molar-refractivity contribution in [1.82, 2.24) is 14.5 Å². The molecule has 1 aromatic carbocycles. The summed E-state index contributed by atoms with van der Waals surface area (Å²) >= 11 is 0. The molecule has 1 atom stereocenters. The normalized spacial score (nSPS) is 12.5. The van der Waals surface area contributed by atoms with Crippen molar-refractivity contribution >= 4 is 16.7 Å². The fraction of sp³-hybridized carbons (Fsp3) is 0.368. The molecule has 126 valence electrons. The number of anilines is 1. The van der Waals surface area contributed by atoms with Crippen LogP contribution in [0.3, 0.4) is 0 Å². The molecule has 0 amide bonds. The van der Waals surface area contributed by atoms with Gasteiger partial charge < -0.3 is 15.0 Å². The Labute approximate surface area is 142 Å². The van der Waals surface area contributed by atoms with Crippen LogP contribution in [0.15, 0.2) is 30.3 Å². The van der Waals surface area contributed by atoms with E-state index in [0.717, 1.165) is 40.5 Å². The number of aliphatic hydroxyl groups excluding tert-OH is 1. The zero-order valence-electron chi connectivity index (χ0n) is 14.7. The lowest BCUT2D eigenvalue weighted by Gasteiger charge is -2.13. The standard InChI is InChI=1S/C19H24N4O/c1-12-7-16(8-13(2)21-12)10-20-17-5-6-19-18(9-17)22-15(4)23(19)14(3)11-24/h5-9,14,20,24H,10-11H2,1-4H3. The number of imidazole rings is 1. The van der Waals surface area contributed by atoms with Gasteiger partial charge >= 0.3 is 0 Å². The number of hydrogen-bond acceptors (Lipinski definition) is 4. The Hall–Kier alpha value is -2.40. The van der Waals surface area contributed by atoms with Crippen LogP contribution < -0.4 is 5.32 Å². The van der Waals surface area contributed by atoms with Gasteiger partial charge in [-0.2, -0.15) is 0 Å². The summed E-state index contributed by atoms with van der Waals surface area (Å²) in [6.07, 6.45) is 0. The number of nitrogens with zero attached hydrogens (tertiary/aromatic N) is 3. The van der Waals surface area contributed by atoms with Gasteiger partial charge in [-0.05, 0) is 63.6 Å². The van der Waals surface area contributed by atoms with Gasteiger partial charge in [0.25, 0.3) is 0 Å². The molecule has 3 rings (SSSR count). The van der Waals surface area contributed by atoms with Crippen LogP contribution in [0.2, 0.25) is 0 Å². The van der Waals surface area contributed by atoms with Crippen molar-refractivity contribution in [3.8, 4) is 0 Å². The lowest BCUT2D eigenvalue weighted by Crippen LogP contribution is -2.10. The highest BCUT2D eigenvalue weighted by Gasteiger charge is 2.12. The van der Waals surface area contributed by atoms with E-state index in [1.807, 2.05) is 27.7 Å². The number of aryl methyl sites for hydroxylation is 3. The van der Waals surface area contributed by atoms with Gasteiger partial charge in [-0.15, -0.1) is 0 Å². The summed E-state index contributed by atoms with van der Waals surface area (Å²) in [4.78, 5) is 9.03. The molecule has 3 aromatic rings. The Kier molecular flexibility index (Phi) is 4.53. The van der Waals surface area contributed by atoms with Gasteiger partial charge in [-0.1, -0.05) is 0 Å². The molecular weight excluding hydrogens is 300 g/mol. The third-order valence-electron chi connectivity index (χ3n) is 4.21. The summed E-state index contributed by atoms with van der Waals surface area (Å²) in [5, 5.41) is 12.9. The number of fused-ring (bicyclic) bond motifs is 1. The van der Waals surface area contributed by atoms with Crippen LogP contribution in [-0.4, -0.2) is 26.2 Å². The number of rotatable bonds is 5. The molecule has 0 bridgehead atoms. The Morgan fingerprint density at radius 2 is 1.79 bits per heavy atom. The molecule has 2 heterocycles. The van der Waals surface area contributed by atoms with Crippen LogP contribution in [0.5, 0.6) is 0 Å². The molecule has 0 radical (unpaired) electrons. The van der Waals surface area contributed by atoms with E-state index in [2.05, 4.69) is 50.2 Å². The molecular formula is C19H24N4O. The minimum absolute atomic E-state index is 0.0246. The van der Waals surface area contributed by atoms with Crippen LogP contribution in [-0.2, 0) is 6.54 Å². The molecule has 1 unspecified atom stereocenters. The van der Waals surface area contributed by atoms with Crippen molar-refractivity contribution in [1.29, 1.82) is 0 Å². The van der Waals surface area contributed by atoms with Crippen LogP contribution in [0.1, 0.15) is 35.7 Å². The smallest absolute Gasteiger partial charge is 0.107 e. The third-order valence-corrected chi connectivity index (χ3v) is 4.21. The fourth-order valence-electron chi connectivity index (χ4n) is 3.19. The van der Waals surface area contributed by atoms with Gasteiger partial charge in [0.05, 0.1) is 23.7 Å². The van der Waals surface area contributed by atoms with Gasteiger partial charge in [0.15, 0.2) is 0 Å². The molecule has 5 heteroatoms. The van der Waals surface area contributed by atoms with Gasteiger partial charge in [0.2, 0.25) is 0 Å². The van der Waals surface area contributed by atoms with Gasteiger partial charge in [0.1, 0.15) is 5.82 Å². The molecule has 0 aliphatic carbocycles. The van der Waals surface area contributed by atoms with Crippen molar-refractivity contribution in [3.05, 3.63) is 53.1 Å². The first-order valence-corrected chi connectivity index (χ1v) is 8.25. The second-order valence-electron chi connectivity index (χ2n) is 6.38. The van der Waals surface area contributed by atoms with E-state index < -0.39 is 0 Å². The van der Waals surface area contributed by atoms with Gasteiger partial charge in [-0.3, -0.25) is 4.98 Å². The average molecular weight is 324 g/mol. The van der Waals surface area contributed by atoms with E-state index in [1.54, 1.807) is 0 Å². The summed E-state index contributed by atoms with van der Waals surface area (Å²) in [5.41, 5.74) is 6.32. The summed E-state index contributed by atoms with van der Waals surface area (Å²) in [6.45, 7) is 8.85. The Morgan fingerprint density at radius 3 is 2.46 bits per heavy atom. The third kappa shape index (κ3) is 3.26. The SMILES string of the molecule is Cc1cc(CNc2ccc3c(c2)nc(C)n3C(C)CO)cc(C)n1. The molecule has 5 nitrogen and oxygen atoms in total. The lowest BCUT2D eigenvalue weighted by molar-refractivity contribution is 0.239. The second-order valence-corrected chi connectivity index (χ2v) is 6.38. The number of benzene rings is 1. The maximum absolute atomic E-state index is 9.43. The van der Waals surface area contributed by atoms with E-state index in [4.69, 9.17) is 0 Å². The first-order valence-electron chi connectivity index (χ1n) is 8.25. The molecule has 0 aliphatic heterocycles. The Morgan fingerprint density at radius 1 is 1.08 bits per heavy atom. The lowest BCUT2D eigenvalue weighted by atomic mass is 10.2. The van der Waals surface area contributed by atoms with Gasteiger partial charge in [0, 0.05) is 23.6 Å². The summed E-state index contributed by atoms with van der Waals surface area (Å²) in [5.74, 6) is 0.920. The van der Waals surface area contributed by atoms with Crippen molar-refractivity contribution < 1.29 is 5.11 Å². The predicted octanol–water partition coefficient (Wildman–Crippen LogP) is 3.52. The van der Waals surface area contributed by atoms with Gasteiger partial charge in [-0.25, -0.2) is 4.98 Å². The van der Waals surface area contributed by atoms with Crippen LogP contribution in [0.25, 0.3) is 11.0 Å². The topological polar surface area (TPSA) is 63.0 Å². The number of aromatic nitrogens is 3. The van der Waals surface area contributed by atoms with Crippen molar-refractivity contribution in [2.45, 2.75) is 40.3 Å². The fourth-order valence-corrected chi connectivity index (χ4v) is 3.19. The number of hydrogen-bond donors (Lipinski definition) is 2. The Balaban J connectivity index is 1.83. The zero-order chi connectivity index (χ0) is 17.3. The van der Waals surface area contributed by atoms with Crippen LogP contribution in [0.4, 0.5) is 5.69 Å². The molecule has 0 spiro atoms. The summed E-state index contributed by atoms with van der Waals surface area (Å²) in [7, 11) is 0. The van der Waals surface area contributed by atoms with E-state index in [1.165, 1.54) is 5.56 Å².